The van der Waals surface area contributed by atoms with Crippen LogP contribution in [0, 0.1) is 12.8 Å². The van der Waals surface area contributed by atoms with Crippen molar-refractivity contribution in [1.29, 1.82) is 0 Å². The Balaban J connectivity index is 1.86. The second-order valence-electron chi connectivity index (χ2n) is 5.43. The Kier molecular flexibility index (Phi) is 3.80. The summed E-state index contributed by atoms with van der Waals surface area (Å²) in [6, 6.07) is 0.244. The number of fused-ring (bicyclic) bond motifs is 1. The molecular weight excluding hydrogens is 292 g/mol. The molecule has 0 unspecified atom stereocenters. The van der Waals surface area contributed by atoms with E-state index in [9.17, 15) is 4.79 Å². The largest absolute Gasteiger partial charge is 0.469 e. The van der Waals surface area contributed by atoms with Gasteiger partial charge in [0.15, 0.2) is 5.65 Å². The first-order valence-electron chi connectivity index (χ1n) is 7.05. The van der Waals surface area contributed by atoms with Gasteiger partial charge in [0.05, 0.1) is 30.1 Å². The Hall–Kier alpha value is -1.69. The molecule has 1 aliphatic carbocycles. The molecule has 112 valence electrons. The van der Waals surface area contributed by atoms with Crippen LogP contribution < -0.4 is 0 Å². The molecule has 0 atom stereocenters. The summed E-state index contributed by atoms with van der Waals surface area (Å²) in [5.74, 6) is -0.104. The minimum absolute atomic E-state index is 0.00684. The van der Waals surface area contributed by atoms with Crippen molar-refractivity contribution in [1.82, 2.24) is 19.7 Å². The van der Waals surface area contributed by atoms with Crippen molar-refractivity contribution in [3.8, 4) is 0 Å². The molecule has 7 heteroatoms. The van der Waals surface area contributed by atoms with Gasteiger partial charge in [-0.1, -0.05) is 0 Å². The van der Waals surface area contributed by atoms with Gasteiger partial charge in [0.2, 0.25) is 5.28 Å². The fraction of sp³-hybridized carbons (Fsp3) is 0.571. The first-order chi connectivity index (χ1) is 10.1. The average Bonchev–Trinajstić information content (AvgIpc) is 2.83. The van der Waals surface area contributed by atoms with Crippen LogP contribution in [0.1, 0.15) is 37.4 Å². The van der Waals surface area contributed by atoms with E-state index in [0.717, 1.165) is 42.4 Å². The number of nitrogens with zero attached hydrogens (tertiary/aromatic N) is 4. The summed E-state index contributed by atoms with van der Waals surface area (Å²) in [4.78, 5) is 19.9. The summed E-state index contributed by atoms with van der Waals surface area (Å²) in [7, 11) is 1.44. The third-order valence-corrected chi connectivity index (χ3v) is 4.36. The number of aryl methyl sites for hydroxylation is 1. The van der Waals surface area contributed by atoms with E-state index in [1.54, 1.807) is 6.20 Å². The van der Waals surface area contributed by atoms with Crippen LogP contribution in [0.2, 0.25) is 5.28 Å². The van der Waals surface area contributed by atoms with Crippen molar-refractivity contribution in [2.75, 3.05) is 7.11 Å². The Labute approximate surface area is 127 Å². The zero-order valence-electron chi connectivity index (χ0n) is 12.0. The molecule has 0 aliphatic heterocycles. The number of hydrogen-bond donors (Lipinski definition) is 0. The topological polar surface area (TPSA) is 69.9 Å². The zero-order valence-corrected chi connectivity index (χ0v) is 12.8. The van der Waals surface area contributed by atoms with Crippen LogP contribution in [-0.4, -0.2) is 32.8 Å². The fourth-order valence-corrected chi connectivity index (χ4v) is 3.15. The molecule has 1 aliphatic rings. The third kappa shape index (κ3) is 2.60. The lowest BCUT2D eigenvalue weighted by molar-refractivity contribution is -0.146. The van der Waals surface area contributed by atoms with E-state index in [4.69, 9.17) is 16.3 Å². The van der Waals surface area contributed by atoms with Crippen molar-refractivity contribution in [2.45, 2.75) is 38.6 Å². The lowest BCUT2D eigenvalue weighted by Gasteiger charge is -2.27. The number of ether oxygens (including phenoxy) is 1. The van der Waals surface area contributed by atoms with Crippen molar-refractivity contribution in [2.24, 2.45) is 5.92 Å². The van der Waals surface area contributed by atoms with Gasteiger partial charge < -0.3 is 4.74 Å². The maximum absolute atomic E-state index is 11.6. The molecule has 2 aromatic heterocycles. The molecule has 0 spiro atoms. The minimum atomic E-state index is -0.111. The van der Waals surface area contributed by atoms with Crippen LogP contribution in [0.3, 0.4) is 0 Å². The lowest BCUT2D eigenvalue weighted by Crippen LogP contribution is -2.25. The number of halogens is 1. The predicted octanol–water partition coefficient (Wildman–Crippen LogP) is 2.69. The summed E-state index contributed by atoms with van der Waals surface area (Å²) < 4.78 is 6.76. The van der Waals surface area contributed by atoms with Crippen LogP contribution in [0.15, 0.2) is 6.20 Å². The Morgan fingerprint density at radius 3 is 2.76 bits per heavy atom. The summed E-state index contributed by atoms with van der Waals surface area (Å²) in [5, 5.41) is 5.74. The Morgan fingerprint density at radius 2 is 2.10 bits per heavy atom. The van der Waals surface area contributed by atoms with Crippen molar-refractivity contribution < 1.29 is 9.53 Å². The third-order valence-electron chi connectivity index (χ3n) is 4.18. The summed E-state index contributed by atoms with van der Waals surface area (Å²) in [6.45, 7) is 1.94. The van der Waals surface area contributed by atoms with E-state index in [-0.39, 0.29) is 23.2 Å². The van der Waals surface area contributed by atoms with Crippen LogP contribution >= 0.6 is 11.6 Å². The van der Waals surface area contributed by atoms with Crippen molar-refractivity contribution in [3.63, 3.8) is 0 Å². The quantitative estimate of drug-likeness (QED) is 0.630. The molecule has 0 radical (unpaired) electrons. The number of hydrogen-bond acceptors (Lipinski definition) is 5. The van der Waals surface area contributed by atoms with E-state index in [2.05, 4.69) is 15.1 Å². The number of carbonyl (C=O) groups excluding carboxylic acids is 1. The molecule has 6 nitrogen and oxygen atoms in total. The molecule has 2 heterocycles. The smallest absolute Gasteiger partial charge is 0.308 e. The van der Waals surface area contributed by atoms with Crippen molar-refractivity contribution in [3.05, 3.63) is 17.2 Å². The minimum Gasteiger partial charge on any atom is -0.469 e. The van der Waals surface area contributed by atoms with Gasteiger partial charge in [-0.2, -0.15) is 10.1 Å². The normalized spacial score (nSPS) is 22.4. The SMILES string of the molecule is COC(=O)[C@H]1CC[C@@H](n2nc(C)c3cnc(Cl)nc32)CC1. The Bertz CT molecular complexity index is 677. The van der Waals surface area contributed by atoms with Crippen LogP contribution in [0.5, 0.6) is 0 Å². The number of carbonyl (C=O) groups is 1. The molecular formula is C14H17ClN4O2. The van der Waals surface area contributed by atoms with Gasteiger partial charge in [-0.25, -0.2) is 9.67 Å². The van der Waals surface area contributed by atoms with E-state index in [1.165, 1.54) is 7.11 Å². The first-order valence-corrected chi connectivity index (χ1v) is 7.43. The highest BCUT2D eigenvalue weighted by Gasteiger charge is 2.29. The van der Waals surface area contributed by atoms with Gasteiger partial charge in [0.25, 0.3) is 0 Å². The van der Waals surface area contributed by atoms with E-state index >= 15 is 0 Å². The summed E-state index contributed by atoms with van der Waals surface area (Å²) in [5.41, 5.74) is 1.67. The highest BCUT2D eigenvalue weighted by Crippen LogP contribution is 2.34. The van der Waals surface area contributed by atoms with Gasteiger partial charge in [-0.15, -0.1) is 0 Å². The van der Waals surface area contributed by atoms with Crippen LogP contribution in [0.4, 0.5) is 0 Å². The van der Waals surface area contributed by atoms with Crippen molar-refractivity contribution >= 4 is 28.6 Å². The lowest BCUT2D eigenvalue weighted by atomic mass is 9.86. The van der Waals surface area contributed by atoms with Gasteiger partial charge in [-0.05, 0) is 44.2 Å². The maximum Gasteiger partial charge on any atom is 0.308 e. The molecule has 0 saturated heterocycles. The number of methoxy groups -OCH3 is 1. The second kappa shape index (κ2) is 5.60. The molecule has 0 N–H and O–H groups in total. The number of esters is 1. The molecule has 3 rings (SSSR count). The molecule has 1 fully saturated rings. The fourth-order valence-electron chi connectivity index (χ4n) is 3.02. The highest BCUT2D eigenvalue weighted by molar-refractivity contribution is 6.28. The molecule has 21 heavy (non-hydrogen) atoms. The second-order valence-corrected chi connectivity index (χ2v) is 5.77. The first kappa shape index (κ1) is 14.3. The van der Waals surface area contributed by atoms with Crippen LogP contribution in [0.25, 0.3) is 11.0 Å². The molecule has 2 aromatic rings. The van der Waals surface area contributed by atoms with E-state index in [1.807, 2.05) is 11.6 Å². The van der Waals surface area contributed by atoms with Gasteiger partial charge in [0.1, 0.15) is 0 Å². The van der Waals surface area contributed by atoms with Gasteiger partial charge >= 0.3 is 5.97 Å². The van der Waals surface area contributed by atoms with Crippen LogP contribution in [-0.2, 0) is 9.53 Å². The molecule has 1 saturated carbocycles. The number of rotatable bonds is 2. The van der Waals surface area contributed by atoms with Gasteiger partial charge in [0, 0.05) is 6.20 Å². The zero-order chi connectivity index (χ0) is 15.0. The maximum atomic E-state index is 11.6. The monoisotopic (exact) mass is 308 g/mol. The predicted molar refractivity (Wildman–Crippen MR) is 78.1 cm³/mol. The summed E-state index contributed by atoms with van der Waals surface area (Å²) in [6.07, 6.45) is 5.12. The van der Waals surface area contributed by atoms with E-state index in [0.29, 0.717) is 0 Å². The summed E-state index contributed by atoms with van der Waals surface area (Å²) >= 11 is 5.90. The highest BCUT2D eigenvalue weighted by atomic mass is 35.5. The van der Waals surface area contributed by atoms with E-state index < -0.39 is 0 Å². The standard InChI is InChI=1S/C14H17ClN4O2/c1-8-11-7-16-14(15)17-12(11)19(18-8)10-5-3-9(4-6-10)13(20)21-2/h7,9-10H,3-6H2,1-2H3/t9-,10+. The van der Waals surface area contributed by atoms with Gasteiger partial charge in [-0.3, -0.25) is 4.79 Å². The average molecular weight is 309 g/mol. The molecule has 0 amide bonds. The molecule has 0 aromatic carbocycles. The Morgan fingerprint density at radius 1 is 1.38 bits per heavy atom. The number of aromatic nitrogens is 4. The molecule has 0 bridgehead atoms.